The minimum Gasteiger partial charge on any atom is -0.338 e. The van der Waals surface area contributed by atoms with Gasteiger partial charge in [-0.15, -0.1) is 0 Å². The van der Waals surface area contributed by atoms with Gasteiger partial charge in [0.1, 0.15) is 0 Å². The maximum atomic E-state index is 12.8. The summed E-state index contributed by atoms with van der Waals surface area (Å²) in [6, 6.07) is 13.0. The van der Waals surface area contributed by atoms with Crippen LogP contribution in [0.1, 0.15) is 34.7 Å². The van der Waals surface area contributed by atoms with Crippen LogP contribution in [-0.4, -0.2) is 17.9 Å². The quantitative estimate of drug-likeness (QED) is 0.815. The average Bonchev–Trinajstić information content (AvgIpc) is 2.97. The normalized spacial score (nSPS) is 16.8. The van der Waals surface area contributed by atoms with Gasteiger partial charge in [-0.25, -0.2) is 0 Å². The third-order valence-electron chi connectivity index (χ3n) is 4.57. The van der Waals surface area contributed by atoms with E-state index in [1.807, 2.05) is 18.2 Å². The summed E-state index contributed by atoms with van der Waals surface area (Å²) in [7, 11) is 1.72. The summed E-state index contributed by atoms with van der Waals surface area (Å²) in [5, 5.41) is 0. The van der Waals surface area contributed by atoms with E-state index in [1.165, 1.54) is 11.6 Å². The molecule has 0 saturated heterocycles. The fraction of sp³-hybridized carbons (Fsp3) is 0.316. The van der Waals surface area contributed by atoms with Crippen LogP contribution in [0.2, 0.25) is 0 Å². The second-order valence-electron chi connectivity index (χ2n) is 6.13. The molecule has 2 aromatic rings. The number of amides is 1. The van der Waals surface area contributed by atoms with Crippen LogP contribution in [0.4, 0.5) is 13.2 Å². The summed E-state index contributed by atoms with van der Waals surface area (Å²) in [5.41, 5.74) is 2.04. The van der Waals surface area contributed by atoms with E-state index in [0.29, 0.717) is 5.56 Å². The number of hydrogen-bond acceptors (Lipinski definition) is 1. The first-order valence-corrected chi connectivity index (χ1v) is 7.86. The number of rotatable bonds is 3. The van der Waals surface area contributed by atoms with Gasteiger partial charge < -0.3 is 4.90 Å². The van der Waals surface area contributed by atoms with E-state index in [4.69, 9.17) is 0 Å². The third kappa shape index (κ3) is 3.30. The molecular weight excluding hydrogens is 315 g/mol. The van der Waals surface area contributed by atoms with Crippen molar-refractivity contribution in [1.82, 2.24) is 4.90 Å². The van der Waals surface area contributed by atoms with Crippen LogP contribution in [0.5, 0.6) is 0 Å². The molecule has 0 N–H and O–H groups in total. The molecule has 0 aliphatic heterocycles. The van der Waals surface area contributed by atoms with Crippen LogP contribution in [0, 0.1) is 0 Å². The van der Waals surface area contributed by atoms with Crippen LogP contribution in [0.25, 0.3) is 0 Å². The maximum absolute atomic E-state index is 12.8. The molecule has 2 nitrogen and oxygen atoms in total. The lowest BCUT2D eigenvalue weighted by atomic mass is 10.0. The number of likely N-dealkylation sites (N-methyl/N-ethyl adjacent to an activating group) is 1. The van der Waals surface area contributed by atoms with E-state index < -0.39 is 11.7 Å². The molecule has 0 saturated carbocycles. The fourth-order valence-corrected chi connectivity index (χ4v) is 3.27. The molecule has 0 spiro atoms. The van der Waals surface area contributed by atoms with E-state index in [-0.39, 0.29) is 18.4 Å². The molecule has 3 rings (SSSR count). The molecule has 5 heteroatoms. The molecule has 1 aliphatic rings. The molecule has 0 fully saturated rings. The number of nitrogens with zero attached hydrogens (tertiary/aromatic N) is 1. The van der Waals surface area contributed by atoms with Gasteiger partial charge in [-0.3, -0.25) is 4.79 Å². The summed E-state index contributed by atoms with van der Waals surface area (Å²) in [4.78, 5) is 14.2. The van der Waals surface area contributed by atoms with Gasteiger partial charge >= 0.3 is 6.18 Å². The van der Waals surface area contributed by atoms with Crippen LogP contribution in [0.15, 0.2) is 48.5 Å². The number of fused-ring (bicyclic) bond motifs is 1. The Labute approximate surface area is 138 Å². The molecule has 0 bridgehead atoms. The van der Waals surface area contributed by atoms with Crippen molar-refractivity contribution in [3.05, 3.63) is 70.8 Å². The zero-order valence-electron chi connectivity index (χ0n) is 13.3. The molecular formula is C19H18F3NO. The molecule has 1 aliphatic carbocycles. The van der Waals surface area contributed by atoms with Gasteiger partial charge in [0.15, 0.2) is 0 Å². The Bertz CT molecular complexity index is 754. The molecule has 1 atom stereocenters. The van der Waals surface area contributed by atoms with Crippen molar-refractivity contribution in [2.45, 2.75) is 31.5 Å². The first kappa shape index (κ1) is 16.6. The van der Waals surface area contributed by atoms with Gasteiger partial charge in [-0.1, -0.05) is 42.5 Å². The van der Waals surface area contributed by atoms with Gasteiger partial charge in [0, 0.05) is 7.05 Å². The number of benzene rings is 2. The van der Waals surface area contributed by atoms with Crippen LogP contribution in [-0.2, 0) is 23.8 Å². The topological polar surface area (TPSA) is 20.3 Å². The Kier molecular flexibility index (Phi) is 4.35. The highest BCUT2D eigenvalue weighted by Crippen LogP contribution is 2.35. The van der Waals surface area contributed by atoms with E-state index >= 15 is 0 Å². The Hall–Kier alpha value is -2.30. The van der Waals surface area contributed by atoms with Gasteiger partial charge in [-0.2, -0.15) is 13.2 Å². The van der Waals surface area contributed by atoms with Crippen LogP contribution in [0.3, 0.4) is 0 Å². The predicted molar refractivity (Wildman–Crippen MR) is 85.4 cm³/mol. The van der Waals surface area contributed by atoms with Crippen molar-refractivity contribution in [1.29, 1.82) is 0 Å². The Morgan fingerprint density at radius 2 is 1.92 bits per heavy atom. The van der Waals surface area contributed by atoms with E-state index in [9.17, 15) is 18.0 Å². The smallest absolute Gasteiger partial charge is 0.338 e. The van der Waals surface area contributed by atoms with E-state index in [1.54, 1.807) is 18.0 Å². The highest BCUT2D eigenvalue weighted by Gasteiger charge is 2.31. The molecule has 2 aromatic carbocycles. The lowest BCUT2D eigenvalue weighted by Gasteiger charge is -2.25. The summed E-state index contributed by atoms with van der Waals surface area (Å²) in [5.74, 6) is -0.170. The number of halogens is 3. The monoisotopic (exact) mass is 333 g/mol. The van der Waals surface area contributed by atoms with Crippen molar-refractivity contribution in [3.63, 3.8) is 0 Å². The first-order chi connectivity index (χ1) is 11.4. The maximum Gasteiger partial charge on any atom is 0.416 e. The zero-order valence-corrected chi connectivity index (χ0v) is 13.3. The summed E-state index contributed by atoms with van der Waals surface area (Å²) in [6.45, 7) is 0. The Balaban J connectivity index is 1.74. The van der Waals surface area contributed by atoms with Gasteiger partial charge in [0.2, 0.25) is 5.91 Å². The van der Waals surface area contributed by atoms with E-state index in [0.717, 1.165) is 30.5 Å². The fourth-order valence-electron chi connectivity index (χ4n) is 3.27. The third-order valence-corrected chi connectivity index (χ3v) is 4.57. The molecule has 0 heterocycles. The second kappa shape index (κ2) is 6.30. The number of alkyl halides is 3. The first-order valence-electron chi connectivity index (χ1n) is 7.86. The van der Waals surface area contributed by atoms with Crippen LogP contribution < -0.4 is 0 Å². The molecule has 0 unspecified atom stereocenters. The van der Waals surface area contributed by atoms with Gasteiger partial charge in [-0.05, 0) is 35.6 Å². The van der Waals surface area contributed by atoms with Gasteiger partial charge in [0.25, 0.3) is 0 Å². The molecule has 1 amide bonds. The minimum atomic E-state index is -4.39. The number of carbonyl (C=O) groups excluding carboxylic acids is 1. The number of aryl methyl sites for hydroxylation is 1. The molecule has 0 aromatic heterocycles. The zero-order chi connectivity index (χ0) is 17.3. The lowest BCUT2D eigenvalue weighted by Crippen LogP contribution is -2.31. The van der Waals surface area contributed by atoms with Crippen LogP contribution >= 0.6 is 0 Å². The summed E-state index contributed by atoms with van der Waals surface area (Å²) in [6.07, 6.45) is -2.65. The van der Waals surface area contributed by atoms with Crippen molar-refractivity contribution in [2.24, 2.45) is 0 Å². The predicted octanol–water partition coefficient (Wildman–Crippen LogP) is 4.39. The van der Waals surface area contributed by atoms with Crippen molar-refractivity contribution in [3.8, 4) is 0 Å². The number of carbonyl (C=O) groups is 1. The van der Waals surface area contributed by atoms with Crippen molar-refractivity contribution < 1.29 is 18.0 Å². The minimum absolute atomic E-state index is 0.000464. The van der Waals surface area contributed by atoms with Crippen molar-refractivity contribution in [2.75, 3.05) is 7.05 Å². The average molecular weight is 333 g/mol. The lowest BCUT2D eigenvalue weighted by molar-refractivity contribution is -0.138. The SMILES string of the molecule is CN(C(=O)Cc1cccc(C(F)(F)F)c1)[C@H]1CCc2ccccc21. The van der Waals surface area contributed by atoms with Gasteiger partial charge in [0.05, 0.1) is 18.0 Å². The second-order valence-corrected chi connectivity index (χ2v) is 6.13. The molecule has 126 valence electrons. The highest BCUT2D eigenvalue weighted by molar-refractivity contribution is 5.79. The Morgan fingerprint density at radius 3 is 2.67 bits per heavy atom. The largest absolute Gasteiger partial charge is 0.416 e. The van der Waals surface area contributed by atoms with E-state index in [2.05, 4.69) is 6.07 Å². The number of hydrogen-bond donors (Lipinski definition) is 0. The highest BCUT2D eigenvalue weighted by atomic mass is 19.4. The standard InChI is InChI=1S/C19H18F3NO/c1-23(17-10-9-14-6-2-3-8-16(14)17)18(24)12-13-5-4-7-15(11-13)19(20,21)22/h2-8,11,17H,9-10,12H2,1H3/t17-/m0/s1. The molecule has 24 heavy (non-hydrogen) atoms. The summed E-state index contributed by atoms with van der Waals surface area (Å²) >= 11 is 0. The molecule has 0 radical (unpaired) electrons. The summed E-state index contributed by atoms with van der Waals surface area (Å²) < 4.78 is 38.3. The Morgan fingerprint density at radius 1 is 1.17 bits per heavy atom. The van der Waals surface area contributed by atoms with Crippen molar-refractivity contribution >= 4 is 5.91 Å².